The highest BCUT2D eigenvalue weighted by atomic mass is 16.6. The summed E-state index contributed by atoms with van der Waals surface area (Å²) < 4.78 is 5.45. The van der Waals surface area contributed by atoms with Crippen LogP contribution in [-0.4, -0.2) is 28.7 Å². The van der Waals surface area contributed by atoms with Crippen molar-refractivity contribution in [2.24, 2.45) is 0 Å². The highest BCUT2D eigenvalue weighted by molar-refractivity contribution is 6.00. The van der Waals surface area contributed by atoms with E-state index in [1.165, 1.54) is 4.90 Å². The Morgan fingerprint density at radius 1 is 1.15 bits per heavy atom. The van der Waals surface area contributed by atoms with Crippen molar-refractivity contribution in [3.05, 3.63) is 64.7 Å². The molecule has 0 bridgehead atoms. The predicted molar refractivity (Wildman–Crippen MR) is 99.0 cm³/mol. The number of carbonyl (C=O) groups excluding carboxylic acids is 3. The van der Waals surface area contributed by atoms with Gasteiger partial charge in [0, 0.05) is 17.7 Å². The first-order valence-electron chi connectivity index (χ1n) is 8.95. The van der Waals surface area contributed by atoms with Crippen LogP contribution in [0.25, 0.3) is 0 Å². The number of amides is 2. The third-order valence-electron chi connectivity index (χ3n) is 5.13. The Morgan fingerprint density at radius 3 is 2.74 bits per heavy atom. The fraction of sp³-hybridized carbons (Fsp3) is 0.286. The van der Waals surface area contributed by atoms with Crippen molar-refractivity contribution in [3.8, 4) is 0 Å². The van der Waals surface area contributed by atoms with E-state index in [-0.39, 0.29) is 18.2 Å². The van der Waals surface area contributed by atoms with Crippen molar-refractivity contribution in [1.29, 1.82) is 0 Å². The number of cyclic esters (lactones) is 1. The van der Waals surface area contributed by atoms with Crippen LogP contribution in [0.15, 0.2) is 42.5 Å². The average molecular weight is 364 g/mol. The fourth-order valence-corrected chi connectivity index (χ4v) is 3.67. The van der Waals surface area contributed by atoms with Gasteiger partial charge in [0.05, 0.1) is 5.56 Å². The number of hydrogen-bond acceptors (Lipinski definition) is 4. The summed E-state index contributed by atoms with van der Waals surface area (Å²) in [4.78, 5) is 39.0. The van der Waals surface area contributed by atoms with Gasteiger partial charge in [-0.15, -0.1) is 0 Å². The molecule has 2 aliphatic rings. The van der Waals surface area contributed by atoms with Gasteiger partial charge >= 0.3 is 5.97 Å². The van der Waals surface area contributed by atoms with E-state index in [9.17, 15) is 14.4 Å². The molecular formula is C21H20N2O4. The van der Waals surface area contributed by atoms with Crippen LogP contribution in [0.5, 0.6) is 0 Å². The van der Waals surface area contributed by atoms with Crippen molar-refractivity contribution >= 4 is 23.5 Å². The molecule has 2 aliphatic heterocycles. The smallest absolute Gasteiger partial charge is 0.340 e. The minimum Gasteiger partial charge on any atom is -0.433 e. The van der Waals surface area contributed by atoms with Crippen molar-refractivity contribution in [1.82, 2.24) is 4.90 Å². The number of rotatable bonds is 3. The summed E-state index contributed by atoms with van der Waals surface area (Å²) >= 11 is 0. The van der Waals surface area contributed by atoms with Gasteiger partial charge in [0.2, 0.25) is 18.0 Å². The van der Waals surface area contributed by atoms with Gasteiger partial charge in [-0.25, -0.2) is 4.79 Å². The molecule has 1 N–H and O–H groups in total. The SMILES string of the molecule is Cc1ccc(C)c(NC(=O)[C@H]2CCC(=O)N2[C@@H]2OC(=O)c3ccccc32)c1. The third kappa shape index (κ3) is 2.97. The Morgan fingerprint density at radius 2 is 1.93 bits per heavy atom. The van der Waals surface area contributed by atoms with Crippen LogP contribution in [0.1, 0.15) is 46.1 Å². The highest BCUT2D eigenvalue weighted by Gasteiger charge is 2.46. The monoisotopic (exact) mass is 364 g/mol. The molecule has 6 heteroatoms. The molecule has 2 heterocycles. The number of carbonyl (C=O) groups is 3. The van der Waals surface area contributed by atoms with Gasteiger partial charge in [0.1, 0.15) is 6.04 Å². The van der Waals surface area contributed by atoms with Gasteiger partial charge in [-0.3, -0.25) is 14.5 Å². The van der Waals surface area contributed by atoms with Crippen LogP contribution in [0.2, 0.25) is 0 Å². The lowest BCUT2D eigenvalue weighted by molar-refractivity contribution is -0.144. The standard InChI is InChI=1S/C21H20N2O4/c1-12-7-8-13(2)16(11-12)22-19(25)17-9-10-18(24)23(17)20-14-5-3-4-6-15(14)21(26)27-20/h3-8,11,17,20H,9-10H2,1-2H3,(H,22,25)/t17-,20-/m1/s1. The molecule has 1 fully saturated rings. The van der Waals surface area contributed by atoms with Gasteiger partial charge in [0.15, 0.2) is 0 Å². The quantitative estimate of drug-likeness (QED) is 0.849. The molecule has 0 radical (unpaired) electrons. The number of esters is 1. The maximum Gasteiger partial charge on any atom is 0.340 e. The summed E-state index contributed by atoms with van der Waals surface area (Å²) in [6.07, 6.45) is -0.203. The highest BCUT2D eigenvalue weighted by Crippen LogP contribution is 2.38. The number of ether oxygens (including phenoxy) is 1. The number of hydrogen-bond donors (Lipinski definition) is 1. The first-order valence-corrected chi connectivity index (χ1v) is 8.95. The summed E-state index contributed by atoms with van der Waals surface area (Å²) in [5, 5.41) is 2.93. The van der Waals surface area contributed by atoms with Crippen LogP contribution in [0.4, 0.5) is 5.69 Å². The zero-order valence-electron chi connectivity index (χ0n) is 15.2. The zero-order valence-corrected chi connectivity index (χ0v) is 15.2. The minimum absolute atomic E-state index is 0.189. The Kier molecular flexibility index (Phi) is 4.18. The Balaban J connectivity index is 1.62. The molecule has 2 aromatic carbocycles. The van der Waals surface area contributed by atoms with E-state index < -0.39 is 18.2 Å². The van der Waals surface area contributed by atoms with E-state index in [1.807, 2.05) is 32.0 Å². The molecule has 0 aromatic heterocycles. The summed E-state index contributed by atoms with van der Waals surface area (Å²) in [6, 6.07) is 12.1. The molecule has 0 spiro atoms. The molecule has 2 atom stereocenters. The van der Waals surface area contributed by atoms with E-state index in [2.05, 4.69) is 5.32 Å². The average Bonchev–Trinajstić information content (AvgIpc) is 3.18. The van der Waals surface area contributed by atoms with Crippen LogP contribution >= 0.6 is 0 Å². The zero-order chi connectivity index (χ0) is 19.1. The van der Waals surface area contributed by atoms with Crippen LogP contribution in [0, 0.1) is 13.8 Å². The second-order valence-electron chi connectivity index (χ2n) is 7.01. The predicted octanol–water partition coefficient (Wildman–Crippen LogP) is 3.10. The van der Waals surface area contributed by atoms with Gasteiger partial charge in [0.25, 0.3) is 0 Å². The molecule has 27 heavy (non-hydrogen) atoms. The number of likely N-dealkylation sites (tertiary alicyclic amines) is 1. The maximum atomic E-state index is 12.9. The topological polar surface area (TPSA) is 75.7 Å². The molecule has 2 amide bonds. The Bertz CT molecular complexity index is 953. The Labute approximate surface area is 157 Å². The lowest BCUT2D eigenvalue weighted by Crippen LogP contribution is -2.44. The molecule has 0 saturated carbocycles. The van der Waals surface area contributed by atoms with E-state index in [0.717, 1.165) is 16.8 Å². The molecule has 1 saturated heterocycles. The molecule has 6 nitrogen and oxygen atoms in total. The number of nitrogens with one attached hydrogen (secondary N) is 1. The Hall–Kier alpha value is -3.15. The third-order valence-corrected chi connectivity index (χ3v) is 5.13. The summed E-state index contributed by atoms with van der Waals surface area (Å²) in [7, 11) is 0. The van der Waals surface area contributed by atoms with E-state index in [1.54, 1.807) is 24.3 Å². The van der Waals surface area contributed by atoms with E-state index in [4.69, 9.17) is 4.74 Å². The van der Waals surface area contributed by atoms with E-state index in [0.29, 0.717) is 17.5 Å². The van der Waals surface area contributed by atoms with Crippen molar-refractivity contribution in [2.75, 3.05) is 5.32 Å². The van der Waals surface area contributed by atoms with Gasteiger partial charge in [-0.1, -0.05) is 30.3 Å². The summed E-state index contributed by atoms with van der Waals surface area (Å²) in [5.41, 5.74) is 3.78. The summed E-state index contributed by atoms with van der Waals surface area (Å²) in [5.74, 6) is -0.926. The summed E-state index contributed by atoms with van der Waals surface area (Å²) in [6.45, 7) is 3.87. The molecule has 2 aromatic rings. The van der Waals surface area contributed by atoms with Crippen molar-refractivity contribution < 1.29 is 19.1 Å². The molecular weight excluding hydrogens is 344 g/mol. The van der Waals surface area contributed by atoms with Crippen LogP contribution in [0.3, 0.4) is 0 Å². The lowest BCUT2D eigenvalue weighted by Gasteiger charge is -2.29. The number of anilines is 1. The van der Waals surface area contributed by atoms with Crippen LogP contribution < -0.4 is 5.32 Å². The van der Waals surface area contributed by atoms with Gasteiger partial charge in [-0.05, 0) is 43.5 Å². The molecule has 0 aliphatic carbocycles. The number of aryl methyl sites for hydroxylation is 2. The van der Waals surface area contributed by atoms with E-state index >= 15 is 0 Å². The number of benzene rings is 2. The normalized spacial score (nSPS) is 21.2. The van der Waals surface area contributed by atoms with Crippen molar-refractivity contribution in [3.63, 3.8) is 0 Å². The molecule has 0 unspecified atom stereocenters. The van der Waals surface area contributed by atoms with Crippen molar-refractivity contribution in [2.45, 2.75) is 39.0 Å². The molecule has 4 rings (SSSR count). The second kappa shape index (κ2) is 6.54. The first-order chi connectivity index (χ1) is 13.0. The maximum absolute atomic E-state index is 12.9. The number of nitrogens with zero attached hydrogens (tertiary/aromatic N) is 1. The fourth-order valence-electron chi connectivity index (χ4n) is 3.67. The van der Waals surface area contributed by atoms with Crippen LogP contribution in [-0.2, 0) is 14.3 Å². The first kappa shape index (κ1) is 17.3. The minimum atomic E-state index is -0.849. The lowest BCUT2D eigenvalue weighted by atomic mass is 10.1. The molecule has 138 valence electrons. The van der Waals surface area contributed by atoms with Gasteiger partial charge < -0.3 is 10.1 Å². The number of fused-ring (bicyclic) bond motifs is 1. The second-order valence-corrected chi connectivity index (χ2v) is 7.01. The largest absolute Gasteiger partial charge is 0.433 e. The van der Waals surface area contributed by atoms with Gasteiger partial charge in [-0.2, -0.15) is 0 Å².